The van der Waals surface area contributed by atoms with Gasteiger partial charge >= 0.3 is 0 Å². The van der Waals surface area contributed by atoms with Crippen LogP contribution in [0.25, 0.3) is 0 Å². The average molecular weight is 245 g/mol. The zero-order chi connectivity index (χ0) is 12.8. The average Bonchev–Trinajstić information content (AvgIpc) is 3.22. The van der Waals surface area contributed by atoms with Crippen molar-refractivity contribution in [1.29, 1.82) is 0 Å². The molecule has 2 heteroatoms. The van der Waals surface area contributed by atoms with Gasteiger partial charge in [-0.1, -0.05) is 31.2 Å². The first-order valence-corrected chi connectivity index (χ1v) is 6.77. The molecular formula is C16H23NO. The lowest BCUT2D eigenvalue weighted by Crippen LogP contribution is -2.32. The molecule has 18 heavy (non-hydrogen) atoms. The van der Waals surface area contributed by atoms with E-state index in [0.29, 0.717) is 0 Å². The van der Waals surface area contributed by atoms with E-state index in [9.17, 15) is 0 Å². The molecule has 0 heterocycles. The molecule has 1 N–H and O–H groups in total. The van der Waals surface area contributed by atoms with Crippen LogP contribution in [-0.2, 0) is 0 Å². The van der Waals surface area contributed by atoms with E-state index in [-0.39, 0.29) is 5.41 Å². The minimum Gasteiger partial charge on any atom is -0.494 e. The first kappa shape index (κ1) is 13.2. The highest BCUT2D eigenvalue weighted by molar-refractivity contribution is 5.20. The van der Waals surface area contributed by atoms with Crippen molar-refractivity contribution in [1.82, 2.24) is 5.32 Å². The number of benzene rings is 1. The summed E-state index contributed by atoms with van der Waals surface area (Å²) in [6, 6.07) is 10.7. The minimum atomic E-state index is 0.122. The van der Waals surface area contributed by atoms with Gasteiger partial charge in [-0.3, -0.25) is 0 Å². The fraction of sp³-hybridized carbons (Fsp3) is 0.500. The molecule has 98 valence electrons. The van der Waals surface area contributed by atoms with Crippen LogP contribution in [0.4, 0.5) is 0 Å². The van der Waals surface area contributed by atoms with Crippen molar-refractivity contribution < 1.29 is 4.74 Å². The van der Waals surface area contributed by atoms with E-state index in [1.54, 1.807) is 0 Å². The fourth-order valence-electron chi connectivity index (χ4n) is 1.85. The smallest absolute Gasteiger partial charge is 0.119 e. The van der Waals surface area contributed by atoms with Gasteiger partial charge < -0.3 is 10.1 Å². The first-order valence-electron chi connectivity index (χ1n) is 6.77. The third-order valence-electron chi connectivity index (χ3n) is 3.55. The van der Waals surface area contributed by atoms with E-state index >= 15 is 0 Å². The summed E-state index contributed by atoms with van der Waals surface area (Å²) in [5, 5.41) is 3.57. The molecule has 1 aliphatic carbocycles. The molecule has 1 fully saturated rings. The van der Waals surface area contributed by atoms with Crippen LogP contribution < -0.4 is 10.1 Å². The Bertz CT molecular complexity index is 372. The number of hydrogen-bond acceptors (Lipinski definition) is 2. The first-order chi connectivity index (χ1) is 8.72. The van der Waals surface area contributed by atoms with Gasteiger partial charge in [-0.2, -0.15) is 0 Å². The molecule has 1 aromatic carbocycles. The zero-order valence-electron chi connectivity index (χ0n) is 11.2. The number of hydrogen-bond donors (Lipinski definition) is 1. The van der Waals surface area contributed by atoms with Crippen molar-refractivity contribution in [3.05, 3.63) is 43.0 Å². The Morgan fingerprint density at radius 2 is 2.11 bits per heavy atom. The summed E-state index contributed by atoms with van der Waals surface area (Å²) in [7, 11) is 0. The Kier molecular flexibility index (Phi) is 4.43. The van der Waals surface area contributed by atoms with E-state index in [2.05, 4.69) is 24.9 Å². The second kappa shape index (κ2) is 6.05. The molecule has 0 radical (unpaired) electrons. The van der Waals surface area contributed by atoms with Crippen molar-refractivity contribution in [2.24, 2.45) is 5.41 Å². The Morgan fingerprint density at radius 3 is 2.72 bits per heavy atom. The van der Waals surface area contributed by atoms with Gasteiger partial charge in [-0.05, 0) is 31.4 Å². The standard InChI is InChI=1S/C16H23NO/c1-3-16(2,13-17-14-9-10-14)11-12-18-15-7-5-4-6-8-15/h3-8,14,17H,1,9-13H2,2H3. The van der Waals surface area contributed by atoms with Gasteiger partial charge in [0.05, 0.1) is 6.61 Å². The van der Waals surface area contributed by atoms with Gasteiger partial charge in [0.2, 0.25) is 0 Å². The van der Waals surface area contributed by atoms with E-state index in [1.165, 1.54) is 12.8 Å². The molecule has 0 amide bonds. The third-order valence-corrected chi connectivity index (χ3v) is 3.55. The lowest BCUT2D eigenvalue weighted by Gasteiger charge is -2.26. The molecule has 2 rings (SSSR count). The topological polar surface area (TPSA) is 21.3 Å². The van der Waals surface area contributed by atoms with E-state index in [0.717, 1.165) is 31.4 Å². The number of ether oxygens (including phenoxy) is 1. The zero-order valence-corrected chi connectivity index (χ0v) is 11.2. The normalized spacial score (nSPS) is 18.1. The molecule has 0 spiro atoms. The molecule has 1 saturated carbocycles. The van der Waals surface area contributed by atoms with Gasteiger partial charge in [-0.15, -0.1) is 6.58 Å². The second-order valence-corrected chi connectivity index (χ2v) is 5.42. The summed E-state index contributed by atoms with van der Waals surface area (Å²) >= 11 is 0. The van der Waals surface area contributed by atoms with Crippen molar-refractivity contribution in [2.45, 2.75) is 32.2 Å². The van der Waals surface area contributed by atoms with Gasteiger partial charge in [0.1, 0.15) is 5.75 Å². The molecule has 0 saturated heterocycles. The summed E-state index contributed by atoms with van der Waals surface area (Å²) in [6.45, 7) is 7.94. The molecule has 0 aliphatic heterocycles. The van der Waals surface area contributed by atoms with Crippen LogP contribution in [0.15, 0.2) is 43.0 Å². The molecule has 0 bridgehead atoms. The van der Waals surface area contributed by atoms with Crippen LogP contribution in [0.3, 0.4) is 0 Å². The summed E-state index contributed by atoms with van der Waals surface area (Å²) in [6.07, 6.45) is 5.70. The third kappa shape index (κ3) is 4.19. The van der Waals surface area contributed by atoms with Crippen molar-refractivity contribution >= 4 is 0 Å². The SMILES string of the molecule is C=CC(C)(CCOc1ccccc1)CNC1CC1. The summed E-state index contributed by atoms with van der Waals surface area (Å²) in [4.78, 5) is 0. The Labute approximate surface area is 110 Å². The molecule has 2 nitrogen and oxygen atoms in total. The fourth-order valence-corrected chi connectivity index (χ4v) is 1.85. The molecule has 1 atom stereocenters. The highest BCUT2D eigenvalue weighted by atomic mass is 16.5. The monoisotopic (exact) mass is 245 g/mol. The van der Waals surface area contributed by atoms with Crippen molar-refractivity contribution in [3.63, 3.8) is 0 Å². The van der Waals surface area contributed by atoms with Gasteiger partial charge in [0, 0.05) is 18.0 Å². The Hall–Kier alpha value is -1.28. The summed E-state index contributed by atoms with van der Waals surface area (Å²) in [5.41, 5.74) is 0.122. The predicted molar refractivity (Wildman–Crippen MR) is 75.9 cm³/mol. The molecule has 0 aromatic heterocycles. The second-order valence-electron chi connectivity index (χ2n) is 5.42. The van der Waals surface area contributed by atoms with E-state index < -0.39 is 0 Å². The number of para-hydroxylation sites is 1. The maximum absolute atomic E-state index is 5.75. The Balaban J connectivity index is 1.73. The van der Waals surface area contributed by atoms with E-state index in [4.69, 9.17) is 4.74 Å². The largest absolute Gasteiger partial charge is 0.494 e. The minimum absolute atomic E-state index is 0.122. The molecule has 1 unspecified atom stereocenters. The predicted octanol–water partition coefficient (Wildman–Crippen LogP) is 3.40. The summed E-state index contributed by atoms with van der Waals surface area (Å²) in [5.74, 6) is 0.944. The number of rotatable bonds is 8. The molecular weight excluding hydrogens is 222 g/mol. The van der Waals surface area contributed by atoms with Crippen molar-refractivity contribution in [2.75, 3.05) is 13.2 Å². The highest BCUT2D eigenvalue weighted by Crippen LogP contribution is 2.25. The summed E-state index contributed by atoms with van der Waals surface area (Å²) < 4.78 is 5.75. The van der Waals surface area contributed by atoms with Gasteiger partial charge in [-0.25, -0.2) is 0 Å². The maximum atomic E-state index is 5.75. The van der Waals surface area contributed by atoms with Crippen LogP contribution >= 0.6 is 0 Å². The quantitative estimate of drug-likeness (QED) is 0.709. The van der Waals surface area contributed by atoms with Crippen LogP contribution in [0.2, 0.25) is 0 Å². The van der Waals surface area contributed by atoms with Crippen molar-refractivity contribution in [3.8, 4) is 5.75 Å². The van der Waals surface area contributed by atoms with Crippen LogP contribution in [0, 0.1) is 5.41 Å². The van der Waals surface area contributed by atoms with Gasteiger partial charge in [0.25, 0.3) is 0 Å². The maximum Gasteiger partial charge on any atom is 0.119 e. The van der Waals surface area contributed by atoms with Gasteiger partial charge in [0.15, 0.2) is 0 Å². The molecule has 1 aromatic rings. The van der Waals surface area contributed by atoms with Crippen LogP contribution in [0.5, 0.6) is 5.75 Å². The van der Waals surface area contributed by atoms with Crippen LogP contribution in [-0.4, -0.2) is 19.2 Å². The van der Waals surface area contributed by atoms with Crippen LogP contribution in [0.1, 0.15) is 26.2 Å². The molecule has 1 aliphatic rings. The lowest BCUT2D eigenvalue weighted by molar-refractivity contribution is 0.244. The Morgan fingerprint density at radius 1 is 1.39 bits per heavy atom. The number of nitrogens with one attached hydrogen (secondary N) is 1. The van der Waals surface area contributed by atoms with E-state index in [1.807, 2.05) is 30.3 Å². The highest BCUT2D eigenvalue weighted by Gasteiger charge is 2.26. The lowest BCUT2D eigenvalue weighted by atomic mass is 9.87.